The van der Waals surface area contributed by atoms with Crippen LogP contribution in [0.4, 0.5) is 0 Å². The van der Waals surface area contributed by atoms with Gasteiger partial charge in [0.05, 0.1) is 0 Å². The lowest BCUT2D eigenvalue weighted by Crippen LogP contribution is -2.10. The largest absolute Gasteiger partial charge is 0.381 e. The van der Waals surface area contributed by atoms with E-state index < -0.39 is 0 Å². The van der Waals surface area contributed by atoms with Crippen molar-refractivity contribution in [2.24, 2.45) is 5.92 Å². The summed E-state index contributed by atoms with van der Waals surface area (Å²) >= 11 is 0. The highest BCUT2D eigenvalue weighted by atomic mass is 16.5. The van der Waals surface area contributed by atoms with Crippen molar-refractivity contribution < 1.29 is 4.74 Å². The average molecular weight is 313 g/mol. The van der Waals surface area contributed by atoms with Gasteiger partial charge in [-0.1, -0.05) is 97.8 Å². The van der Waals surface area contributed by atoms with Gasteiger partial charge in [0, 0.05) is 13.2 Å². The Bertz CT molecular complexity index is 190. The maximum absolute atomic E-state index is 5.83. The van der Waals surface area contributed by atoms with Gasteiger partial charge in [-0.25, -0.2) is 0 Å². The minimum atomic E-state index is 0.823. The number of unbranched alkanes of at least 4 members (excludes halogenated alkanes) is 10. The quantitative estimate of drug-likeness (QED) is 0.238. The smallest absolute Gasteiger partial charge is 0.0494 e. The Labute approximate surface area is 141 Å². The molecule has 0 aromatic rings. The van der Waals surface area contributed by atoms with Crippen LogP contribution < -0.4 is 0 Å². The topological polar surface area (TPSA) is 9.23 Å². The van der Waals surface area contributed by atoms with Crippen LogP contribution in [0.1, 0.15) is 117 Å². The summed E-state index contributed by atoms with van der Waals surface area (Å²) in [6, 6.07) is 0. The fourth-order valence-corrected chi connectivity index (χ4v) is 3.13. The molecular weight excluding hydrogens is 268 g/mol. The first kappa shape index (κ1) is 22.0. The predicted molar refractivity (Wildman–Crippen MR) is 101 cm³/mol. The van der Waals surface area contributed by atoms with Crippen LogP contribution in [0.25, 0.3) is 0 Å². The van der Waals surface area contributed by atoms with Crippen LogP contribution in [-0.2, 0) is 4.74 Å². The van der Waals surface area contributed by atoms with Crippen molar-refractivity contribution >= 4 is 0 Å². The van der Waals surface area contributed by atoms with Gasteiger partial charge in [0.15, 0.2) is 0 Å². The zero-order chi connectivity index (χ0) is 16.3. The van der Waals surface area contributed by atoms with Gasteiger partial charge >= 0.3 is 0 Å². The van der Waals surface area contributed by atoms with E-state index in [1.54, 1.807) is 0 Å². The standard InChI is InChI=1S/C21H44O/c1-4-7-9-11-12-14-16-18-21(20-22-19-6-3)17-15-13-10-8-5-2/h21H,4-20H2,1-3H3. The molecule has 0 aliphatic carbocycles. The molecule has 1 atom stereocenters. The summed E-state index contributed by atoms with van der Waals surface area (Å²) in [5.74, 6) is 0.823. The molecule has 0 aromatic heterocycles. The van der Waals surface area contributed by atoms with Gasteiger partial charge in [0.1, 0.15) is 0 Å². The maximum atomic E-state index is 5.83. The second-order valence-corrected chi connectivity index (χ2v) is 7.05. The normalized spacial score (nSPS) is 12.7. The van der Waals surface area contributed by atoms with Gasteiger partial charge in [0.2, 0.25) is 0 Å². The molecule has 0 heterocycles. The minimum absolute atomic E-state index is 0.823. The summed E-state index contributed by atoms with van der Waals surface area (Å²) in [4.78, 5) is 0. The zero-order valence-corrected chi connectivity index (χ0v) is 16.0. The third kappa shape index (κ3) is 16.3. The fraction of sp³-hybridized carbons (Fsp3) is 1.00. The molecule has 0 spiro atoms. The SMILES string of the molecule is CCCCCCCCCC(CCCCCCC)COCCC. The molecular formula is C21H44O. The van der Waals surface area contributed by atoms with E-state index >= 15 is 0 Å². The Morgan fingerprint density at radius 1 is 0.545 bits per heavy atom. The van der Waals surface area contributed by atoms with Crippen molar-refractivity contribution in [2.75, 3.05) is 13.2 Å². The lowest BCUT2D eigenvalue weighted by molar-refractivity contribution is 0.0914. The van der Waals surface area contributed by atoms with Crippen molar-refractivity contribution in [3.63, 3.8) is 0 Å². The van der Waals surface area contributed by atoms with E-state index in [-0.39, 0.29) is 0 Å². The molecule has 22 heavy (non-hydrogen) atoms. The van der Waals surface area contributed by atoms with Gasteiger partial charge in [-0.05, 0) is 25.2 Å². The summed E-state index contributed by atoms with van der Waals surface area (Å²) in [5, 5.41) is 0. The molecule has 0 N–H and O–H groups in total. The summed E-state index contributed by atoms with van der Waals surface area (Å²) in [5.41, 5.74) is 0. The van der Waals surface area contributed by atoms with Crippen molar-refractivity contribution in [1.29, 1.82) is 0 Å². The second kappa shape index (κ2) is 19.0. The third-order valence-electron chi connectivity index (χ3n) is 4.63. The van der Waals surface area contributed by atoms with Crippen molar-refractivity contribution in [3.05, 3.63) is 0 Å². The van der Waals surface area contributed by atoms with Crippen LogP contribution in [0.2, 0.25) is 0 Å². The van der Waals surface area contributed by atoms with Gasteiger partial charge < -0.3 is 4.74 Å². The van der Waals surface area contributed by atoms with Gasteiger partial charge in [-0.2, -0.15) is 0 Å². The van der Waals surface area contributed by atoms with Crippen LogP contribution in [0.3, 0.4) is 0 Å². The number of ether oxygens (including phenoxy) is 1. The lowest BCUT2D eigenvalue weighted by atomic mass is 9.95. The van der Waals surface area contributed by atoms with Gasteiger partial charge in [-0.15, -0.1) is 0 Å². The highest BCUT2D eigenvalue weighted by Crippen LogP contribution is 2.19. The van der Waals surface area contributed by atoms with E-state index in [0.717, 1.165) is 25.6 Å². The highest BCUT2D eigenvalue weighted by molar-refractivity contribution is 4.60. The second-order valence-electron chi connectivity index (χ2n) is 7.05. The molecule has 0 rings (SSSR count). The van der Waals surface area contributed by atoms with Crippen LogP contribution in [0.15, 0.2) is 0 Å². The van der Waals surface area contributed by atoms with E-state index in [9.17, 15) is 0 Å². The Balaban J connectivity index is 3.63. The minimum Gasteiger partial charge on any atom is -0.381 e. The van der Waals surface area contributed by atoms with Crippen LogP contribution >= 0.6 is 0 Å². The van der Waals surface area contributed by atoms with E-state index in [0.29, 0.717) is 0 Å². The van der Waals surface area contributed by atoms with Crippen molar-refractivity contribution in [1.82, 2.24) is 0 Å². The molecule has 0 amide bonds. The predicted octanol–water partition coefficient (Wildman–Crippen LogP) is 7.53. The Hall–Kier alpha value is -0.0400. The van der Waals surface area contributed by atoms with Crippen LogP contribution in [-0.4, -0.2) is 13.2 Å². The summed E-state index contributed by atoms with van der Waals surface area (Å²) < 4.78 is 5.83. The van der Waals surface area contributed by atoms with E-state index in [2.05, 4.69) is 20.8 Å². The highest BCUT2D eigenvalue weighted by Gasteiger charge is 2.08. The molecule has 0 fully saturated rings. The Kier molecular flexibility index (Phi) is 19.0. The Morgan fingerprint density at radius 3 is 1.45 bits per heavy atom. The van der Waals surface area contributed by atoms with Crippen LogP contribution in [0, 0.1) is 5.92 Å². The molecule has 0 aliphatic rings. The number of hydrogen-bond acceptors (Lipinski definition) is 1. The monoisotopic (exact) mass is 312 g/mol. The zero-order valence-electron chi connectivity index (χ0n) is 16.0. The molecule has 0 saturated carbocycles. The number of hydrogen-bond donors (Lipinski definition) is 0. The van der Waals surface area contributed by atoms with Crippen molar-refractivity contribution in [2.45, 2.75) is 117 Å². The first-order valence-corrected chi connectivity index (χ1v) is 10.4. The van der Waals surface area contributed by atoms with Crippen LogP contribution in [0.5, 0.6) is 0 Å². The average Bonchev–Trinajstić information content (AvgIpc) is 2.53. The summed E-state index contributed by atoms with van der Waals surface area (Å²) in [6.45, 7) is 8.75. The third-order valence-corrected chi connectivity index (χ3v) is 4.63. The Morgan fingerprint density at radius 2 is 1.00 bits per heavy atom. The van der Waals surface area contributed by atoms with Gasteiger partial charge in [0.25, 0.3) is 0 Å². The molecule has 0 bridgehead atoms. The van der Waals surface area contributed by atoms with E-state index in [4.69, 9.17) is 4.74 Å². The molecule has 1 heteroatoms. The molecule has 1 nitrogen and oxygen atoms in total. The molecule has 1 unspecified atom stereocenters. The molecule has 0 aromatic carbocycles. The lowest BCUT2D eigenvalue weighted by Gasteiger charge is -2.17. The molecule has 0 saturated heterocycles. The molecule has 134 valence electrons. The maximum Gasteiger partial charge on any atom is 0.0494 e. The van der Waals surface area contributed by atoms with E-state index in [1.165, 1.54) is 89.9 Å². The van der Waals surface area contributed by atoms with E-state index in [1.807, 2.05) is 0 Å². The fourth-order valence-electron chi connectivity index (χ4n) is 3.13. The summed E-state index contributed by atoms with van der Waals surface area (Å²) in [6.07, 6.45) is 20.9. The number of rotatable bonds is 18. The molecule has 0 radical (unpaired) electrons. The molecule has 0 aliphatic heterocycles. The van der Waals surface area contributed by atoms with Gasteiger partial charge in [-0.3, -0.25) is 0 Å². The van der Waals surface area contributed by atoms with Crippen molar-refractivity contribution in [3.8, 4) is 0 Å². The first-order valence-electron chi connectivity index (χ1n) is 10.4. The first-order chi connectivity index (χ1) is 10.8. The summed E-state index contributed by atoms with van der Waals surface area (Å²) in [7, 11) is 0.